The molecule has 1 aliphatic heterocycles. The second-order valence-electron chi connectivity index (χ2n) is 6.83. The number of nitrogen functional groups attached to an aromatic ring is 1. The first-order valence-electron chi connectivity index (χ1n) is 9.07. The molecule has 0 atom stereocenters. The van der Waals surface area contributed by atoms with Gasteiger partial charge in [-0.05, 0) is 55.0 Å². The van der Waals surface area contributed by atoms with Crippen LogP contribution in [0.1, 0.15) is 28.8 Å². The quantitative estimate of drug-likeness (QED) is 0.643. The van der Waals surface area contributed by atoms with E-state index in [4.69, 9.17) is 5.73 Å². The summed E-state index contributed by atoms with van der Waals surface area (Å²) < 4.78 is 0. The van der Waals surface area contributed by atoms with E-state index in [9.17, 15) is 14.4 Å². The van der Waals surface area contributed by atoms with Crippen molar-refractivity contribution in [3.05, 3.63) is 65.7 Å². The minimum absolute atomic E-state index is 0.284. The number of hydrogen-bond acceptors (Lipinski definition) is 4. The second-order valence-corrected chi connectivity index (χ2v) is 6.83. The Hall–Kier alpha value is -3.15. The monoisotopic (exact) mass is 365 g/mol. The number of anilines is 1. The van der Waals surface area contributed by atoms with Crippen molar-refractivity contribution in [1.29, 1.82) is 0 Å². The molecule has 0 saturated carbocycles. The maximum Gasteiger partial charge on any atom is 0.316 e. The zero-order valence-electron chi connectivity index (χ0n) is 15.1. The highest BCUT2D eigenvalue weighted by molar-refractivity contribution is 6.38. The van der Waals surface area contributed by atoms with E-state index in [-0.39, 0.29) is 5.56 Å². The van der Waals surface area contributed by atoms with Crippen LogP contribution in [0.15, 0.2) is 54.6 Å². The van der Waals surface area contributed by atoms with Gasteiger partial charge < -0.3 is 10.6 Å². The molecule has 0 bridgehead atoms. The molecule has 27 heavy (non-hydrogen) atoms. The number of nitrogens with zero attached hydrogens (tertiary/aromatic N) is 1. The summed E-state index contributed by atoms with van der Waals surface area (Å²) in [6.07, 6.45) is 2.67. The maximum atomic E-state index is 12.3. The van der Waals surface area contributed by atoms with Gasteiger partial charge in [0.15, 0.2) is 0 Å². The molecule has 0 aliphatic carbocycles. The minimum Gasteiger partial charge on any atom is -0.399 e. The highest BCUT2D eigenvalue weighted by atomic mass is 16.2. The number of piperidine rings is 1. The molecule has 0 spiro atoms. The number of nitrogens with one attached hydrogen (secondary N) is 1. The highest BCUT2D eigenvalue weighted by Crippen LogP contribution is 2.21. The SMILES string of the molecule is Nc1ccc(C(=O)NC(=O)C(=O)N2CCC(Cc3ccccc3)CC2)cc1. The normalized spacial score (nSPS) is 14.6. The lowest BCUT2D eigenvalue weighted by molar-refractivity contribution is -0.146. The standard InChI is InChI=1S/C21H23N3O3/c22-18-8-6-17(7-9-18)19(25)23-20(26)21(27)24-12-10-16(11-13-24)14-15-4-2-1-3-5-15/h1-9,16H,10-14,22H2,(H,23,25,26). The number of nitrogens with two attached hydrogens (primary N) is 1. The lowest BCUT2D eigenvalue weighted by Gasteiger charge is -2.31. The van der Waals surface area contributed by atoms with Gasteiger partial charge in [-0.3, -0.25) is 19.7 Å². The van der Waals surface area contributed by atoms with Gasteiger partial charge in [-0.1, -0.05) is 30.3 Å². The largest absolute Gasteiger partial charge is 0.399 e. The van der Waals surface area contributed by atoms with Gasteiger partial charge in [0.1, 0.15) is 0 Å². The van der Waals surface area contributed by atoms with Crippen LogP contribution in [0.2, 0.25) is 0 Å². The fraction of sp³-hybridized carbons (Fsp3) is 0.286. The van der Waals surface area contributed by atoms with Crippen molar-refractivity contribution < 1.29 is 14.4 Å². The van der Waals surface area contributed by atoms with E-state index >= 15 is 0 Å². The van der Waals surface area contributed by atoms with Crippen molar-refractivity contribution in [2.75, 3.05) is 18.8 Å². The van der Waals surface area contributed by atoms with Gasteiger partial charge in [0, 0.05) is 24.3 Å². The average molecular weight is 365 g/mol. The number of carbonyl (C=O) groups excluding carboxylic acids is 3. The van der Waals surface area contributed by atoms with Gasteiger partial charge in [-0.15, -0.1) is 0 Å². The summed E-state index contributed by atoms with van der Waals surface area (Å²) >= 11 is 0. The van der Waals surface area contributed by atoms with E-state index < -0.39 is 17.7 Å². The van der Waals surface area contributed by atoms with Crippen molar-refractivity contribution in [2.24, 2.45) is 5.92 Å². The van der Waals surface area contributed by atoms with Gasteiger partial charge in [-0.25, -0.2) is 0 Å². The number of hydrogen-bond donors (Lipinski definition) is 2. The number of benzene rings is 2. The maximum absolute atomic E-state index is 12.3. The third kappa shape index (κ3) is 4.94. The predicted octanol–water partition coefficient (Wildman–Crippen LogP) is 2.01. The molecule has 3 rings (SSSR count). The zero-order valence-corrected chi connectivity index (χ0v) is 15.1. The Morgan fingerprint density at radius 2 is 1.59 bits per heavy atom. The molecule has 2 aromatic rings. The Labute approximate surface area is 158 Å². The molecule has 0 radical (unpaired) electrons. The van der Waals surface area contributed by atoms with Crippen LogP contribution < -0.4 is 11.1 Å². The van der Waals surface area contributed by atoms with Crippen LogP contribution >= 0.6 is 0 Å². The first-order chi connectivity index (χ1) is 13.0. The number of likely N-dealkylation sites (tertiary alicyclic amines) is 1. The van der Waals surface area contributed by atoms with Crippen LogP contribution in [-0.2, 0) is 16.0 Å². The molecule has 6 heteroatoms. The average Bonchev–Trinajstić information content (AvgIpc) is 2.69. The van der Waals surface area contributed by atoms with Crippen LogP contribution in [0, 0.1) is 5.92 Å². The fourth-order valence-corrected chi connectivity index (χ4v) is 3.29. The highest BCUT2D eigenvalue weighted by Gasteiger charge is 2.28. The van der Waals surface area contributed by atoms with Crippen LogP contribution in [0.4, 0.5) is 5.69 Å². The smallest absolute Gasteiger partial charge is 0.316 e. The molecule has 1 fully saturated rings. The van der Waals surface area contributed by atoms with Gasteiger partial charge >= 0.3 is 11.8 Å². The molecule has 3 N–H and O–H groups in total. The summed E-state index contributed by atoms with van der Waals surface area (Å²) in [5.41, 5.74) is 7.67. The molecule has 0 unspecified atom stereocenters. The van der Waals surface area contributed by atoms with Gasteiger partial charge in [0.25, 0.3) is 5.91 Å². The second kappa shape index (κ2) is 8.49. The van der Waals surface area contributed by atoms with Gasteiger partial charge in [0.05, 0.1) is 0 Å². The first-order valence-corrected chi connectivity index (χ1v) is 9.07. The van der Waals surface area contributed by atoms with E-state index in [1.54, 1.807) is 12.1 Å². The van der Waals surface area contributed by atoms with E-state index in [2.05, 4.69) is 17.4 Å². The molecule has 2 aromatic carbocycles. The molecular weight excluding hydrogens is 342 g/mol. The summed E-state index contributed by atoms with van der Waals surface area (Å²) in [6, 6.07) is 16.4. The fourth-order valence-electron chi connectivity index (χ4n) is 3.29. The van der Waals surface area contributed by atoms with Crippen LogP contribution in [-0.4, -0.2) is 35.7 Å². The molecule has 1 saturated heterocycles. The zero-order chi connectivity index (χ0) is 19.2. The van der Waals surface area contributed by atoms with Gasteiger partial charge in [-0.2, -0.15) is 0 Å². The van der Waals surface area contributed by atoms with E-state index in [1.165, 1.54) is 22.6 Å². The van der Waals surface area contributed by atoms with Crippen molar-refractivity contribution in [3.63, 3.8) is 0 Å². The van der Waals surface area contributed by atoms with Crippen LogP contribution in [0.3, 0.4) is 0 Å². The van der Waals surface area contributed by atoms with Crippen molar-refractivity contribution in [1.82, 2.24) is 10.2 Å². The molecular formula is C21H23N3O3. The van der Waals surface area contributed by atoms with E-state index in [1.807, 2.05) is 18.2 Å². The molecule has 3 amide bonds. The summed E-state index contributed by atoms with van der Waals surface area (Å²) in [4.78, 5) is 38.0. The number of imide groups is 1. The molecule has 140 valence electrons. The predicted molar refractivity (Wildman–Crippen MR) is 103 cm³/mol. The van der Waals surface area contributed by atoms with Crippen LogP contribution in [0.25, 0.3) is 0 Å². The lowest BCUT2D eigenvalue weighted by Crippen LogP contribution is -2.48. The Morgan fingerprint density at radius 1 is 0.963 bits per heavy atom. The molecule has 6 nitrogen and oxygen atoms in total. The Morgan fingerprint density at radius 3 is 2.22 bits per heavy atom. The minimum atomic E-state index is -0.890. The summed E-state index contributed by atoms with van der Waals surface area (Å²) in [7, 11) is 0. The van der Waals surface area contributed by atoms with E-state index in [0.717, 1.165) is 19.3 Å². The summed E-state index contributed by atoms with van der Waals surface area (Å²) in [5, 5.41) is 2.15. The van der Waals surface area contributed by atoms with Crippen molar-refractivity contribution in [3.8, 4) is 0 Å². The molecule has 1 heterocycles. The van der Waals surface area contributed by atoms with Crippen molar-refractivity contribution in [2.45, 2.75) is 19.3 Å². The number of carbonyl (C=O) groups is 3. The third-order valence-corrected chi connectivity index (χ3v) is 4.86. The topological polar surface area (TPSA) is 92.5 Å². The van der Waals surface area contributed by atoms with Crippen LogP contribution in [0.5, 0.6) is 0 Å². The van der Waals surface area contributed by atoms with E-state index in [0.29, 0.717) is 24.7 Å². The first kappa shape index (κ1) is 18.6. The third-order valence-electron chi connectivity index (χ3n) is 4.86. The Balaban J connectivity index is 1.49. The summed E-state index contributed by atoms with van der Waals surface area (Å²) in [5.74, 6) is -1.65. The number of rotatable bonds is 3. The van der Waals surface area contributed by atoms with Crippen molar-refractivity contribution >= 4 is 23.4 Å². The van der Waals surface area contributed by atoms with Gasteiger partial charge in [0.2, 0.25) is 0 Å². The molecule has 0 aromatic heterocycles. The summed E-state index contributed by atoms with van der Waals surface area (Å²) in [6.45, 7) is 1.06. The Kier molecular flexibility index (Phi) is 5.86. The molecule has 1 aliphatic rings. The number of amides is 3. The Bertz CT molecular complexity index is 810. The lowest BCUT2D eigenvalue weighted by atomic mass is 9.90.